The summed E-state index contributed by atoms with van der Waals surface area (Å²) in [6.45, 7) is 6.28. The molecule has 2 rings (SSSR count). The number of hydrogen-bond donors (Lipinski definition) is 1. The molecule has 2 aromatic carbocycles. The maximum absolute atomic E-state index is 9.93. The molecule has 0 heterocycles. The standard InChI is InChI=1S/C19H24O2/c1-4-18(15-10-6-5-7-11-15)21-19(2,3)14-16-12-8-9-13-17(16)20/h5-13,18,20H,4,14H2,1-3H3. The van der Waals surface area contributed by atoms with Crippen molar-refractivity contribution >= 4 is 0 Å². The average molecular weight is 284 g/mol. The minimum absolute atomic E-state index is 0.0760. The van der Waals surface area contributed by atoms with Gasteiger partial charge in [-0.25, -0.2) is 0 Å². The van der Waals surface area contributed by atoms with Crippen molar-refractivity contribution in [1.29, 1.82) is 0 Å². The molecule has 0 aliphatic heterocycles. The van der Waals surface area contributed by atoms with Gasteiger partial charge in [-0.15, -0.1) is 0 Å². The van der Waals surface area contributed by atoms with Crippen LogP contribution in [0.4, 0.5) is 0 Å². The van der Waals surface area contributed by atoms with Gasteiger partial charge in [0.2, 0.25) is 0 Å². The van der Waals surface area contributed by atoms with Crippen LogP contribution in [0.2, 0.25) is 0 Å². The first-order valence-electron chi connectivity index (χ1n) is 7.51. The van der Waals surface area contributed by atoms with Crippen LogP contribution < -0.4 is 0 Å². The van der Waals surface area contributed by atoms with Crippen LogP contribution in [0.1, 0.15) is 44.4 Å². The Morgan fingerprint density at radius 1 is 1.00 bits per heavy atom. The molecule has 0 fully saturated rings. The third kappa shape index (κ3) is 4.33. The minimum Gasteiger partial charge on any atom is -0.508 e. The summed E-state index contributed by atoms with van der Waals surface area (Å²) < 4.78 is 6.32. The van der Waals surface area contributed by atoms with Crippen molar-refractivity contribution < 1.29 is 9.84 Å². The molecule has 2 heteroatoms. The van der Waals surface area contributed by atoms with Crippen LogP contribution in [-0.2, 0) is 11.2 Å². The van der Waals surface area contributed by atoms with Gasteiger partial charge >= 0.3 is 0 Å². The maximum atomic E-state index is 9.93. The fourth-order valence-electron chi connectivity index (χ4n) is 2.60. The Morgan fingerprint density at radius 3 is 2.24 bits per heavy atom. The van der Waals surface area contributed by atoms with E-state index in [2.05, 4.69) is 32.9 Å². The molecule has 2 nitrogen and oxygen atoms in total. The molecule has 0 saturated heterocycles. The van der Waals surface area contributed by atoms with Gasteiger partial charge in [-0.05, 0) is 37.5 Å². The Hall–Kier alpha value is -1.80. The Morgan fingerprint density at radius 2 is 1.62 bits per heavy atom. The number of aromatic hydroxyl groups is 1. The summed E-state index contributed by atoms with van der Waals surface area (Å²) >= 11 is 0. The van der Waals surface area contributed by atoms with Crippen LogP contribution in [0, 0.1) is 0 Å². The Bertz CT molecular complexity index is 561. The molecule has 0 saturated carbocycles. The molecule has 0 spiro atoms. The summed E-state index contributed by atoms with van der Waals surface area (Å²) in [6.07, 6.45) is 1.68. The van der Waals surface area contributed by atoms with E-state index in [1.54, 1.807) is 6.07 Å². The van der Waals surface area contributed by atoms with E-state index in [4.69, 9.17) is 4.74 Å². The number of para-hydroxylation sites is 1. The lowest BCUT2D eigenvalue weighted by atomic mass is 9.96. The van der Waals surface area contributed by atoms with Gasteiger partial charge < -0.3 is 9.84 Å². The molecule has 1 unspecified atom stereocenters. The first kappa shape index (κ1) is 15.6. The molecule has 2 aromatic rings. The second kappa shape index (κ2) is 6.77. The summed E-state index contributed by atoms with van der Waals surface area (Å²) in [6, 6.07) is 17.8. The smallest absolute Gasteiger partial charge is 0.118 e. The summed E-state index contributed by atoms with van der Waals surface area (Å²) in [7, 11) is 0. The number of ether oxygens (including phenoxy) is 1. The SMILES string of the molecule is CCC(OC(C)(C)Cc1ccccc1O)c1ccccc1. The Labute approximate surface area is 127 Å². The monoisotopic (exact) mass is 284 g/mol. The van der Waals surface area contributed by atoms with Crippen molar-refractivity contribution in [3.63, 3.8) is 0 Å². The highest BCUT2D eigenvalue weighted by Crippen LogP contribution is 2.30. The van der Waals surface area contributed by atoms with E-state index in [1.165, 1.54) is 5.56 Å². The topological polar surface area (TPSA) is 29.5 Å². The number of benzene rings is 2. The molecular formula is C19H24O2. The molecule has 112 valence electrons. The van der Waals surface area contributed by atoms with Gasteiger partial charge in [0.15, 0.2) is 0 Å². The van der Waals surface area contributed by atoms with Gasteiger partial charge in [0, 0.05) is 6.42 Å². The van der Waals surface area contributed by atoms with E-state index in [0.29, 0.717) is 12.2 Å². The van der Waals surface area contributed by atoms with E-state index >= 15 is 0 Å². The van der Waals surface area contributed by atoms with Crippen LogP contribution >= 0.6 is 0 Å². The lowest BCUT2D eigenvalue weighted by Gasteiger charge is -2.31. The van der Waals surface area contributed by atoms with E-state index in [1.807, 2.05) is 36.4 Å². The second-order valence-electron chi connectivity index (χ2n) is 5.99. The van der Waals surface area contributed by atoms with Crippen molar-refractivity contribution in [2.24, 2.45) is 0 Å². The quantitative estimate of drug-likeness (QED) is 0.819. The normalized spacial score (nSPS) is 13.1. The molecule has 0 radical (unpaired) electrons. The predicted molar refractivity (Wildman–Crippen MR) is 86.4 cm³/mol. The van der Waals surface area contributed by atoms with E-state index in [-0.39, 0.29) is 11.7 Å². The molecule has 0 aliphatic carbocycles. The molecule has 1 N–H and O–H groups in total. The van der Waals surface area contributed by atoms with E-state index in [0.717, 1.165) is 12.0 Å². The zero-order chi connectivity index (χ0) is 15.3. The highest BCUT2D eigenvalue weighted by Gasteiger charge is 2.25. The third-order valence-electron chi connectivity index (χ3n) is 3.61. The molecular weight excluding hydrogens is 260 g/mol. The van der Waals surface area contributed by atoms with Crippen molar-refractivity contribution in [3.05, 3.63) is 65.7 Å². The Kier molecular flexibility index (Phi) is 5.03. The van der Waals surface area contributed by atoms with Gasteiger partial charge in [0.25, 0.3) is 0 Å². The number of hydrogen-bond acceptors (Lipinski definition) is 2. The summed E-state index contributed by atoms with van der Waals surface area (Å²) in [4.78, 5) is 0. The van der Waals surface area contributed by atoms with Crippen LogP contribution in [0.15, 0.2) is 54.6 Å². The molecule has 0 aromatic heterocycles. The fraction of sp³-hybridized carbons (Fsp3) is 0.368. The molecule has 0 bridgehead atoms. The molecule has 21 heavy (non-hydrogen) atoms. The Balaban J connectivity index is 2.11. The van der Waals surface area contributed by atoms with Gasteiger partial charge in [-0.2, -0.15) is 0 Å². The van der Waals surface area contributed by atoms with Crippen molar-refractivity contribution in [2.75, 3.05) is 0 Å². The van der Waals surface area contributed by atoms with Crippen molar-refractivity contribution in [3.8, 4) is 5.75 Å². The van der Waals surface area contributed by atoms with Crippen LogP contribution in [0.3, 0.4) is 0 Å². The van der Waals surface area contributed by atoms with Gasteiger partial charge in [0.05, 0.1) is 11.7 Å². The first-order valence-corrected chi connectivity index (χ1v) is 7.51. The summed E-state index contributed by atoms with van der Waals surface area (Å²) in [5.74, 6) is 0.335. The highest BCUT2D eigenvalue weighted by molar-refractivity contribution is 5.32. The van der Waals surface area contributed by atoms with E-state index < -0.39 is 0 Å². The summed E-state index contributed by atoms with van der Waals surface area (Å²) in [5, 5.41) is 9.93. The zero-order valence-corrected chi connectivity index (χ0v) is 13.0. The van der Waals surface area contributed by atoms with Gasteiger partial charge in [-0.1, -0.05) is 55.5 Å². The average Bonchev–Trinajstić information content (AvgIpc) is 2.48. The summed E-state index contributed by atoms with van der Waals surface area (Å²) in [5.41, 5.74) is 1.78. The molecule has 1 atom stereocenters. The number of phenols is 1. The maximum Gasteiger partial charge on any atom is 0.118 e. The molecule has 0 aliphatic rings. The first-order chi connectivity index (χ1) is 10.0. The lowest BCUT2D eigenvalue weighted by molar-refractivity contribution is -0.0747. The van der Waals surface area contributed by atoms with Gasteiger partial charge in [0.1, 0.15) is 5.75 Å². The lowest BCUT2D eigenvalue weighted by Crippen LogP contribution is -2.29. The van der Waals surface area contributed by atoms with Crippen molar-refractivity contribution in [1.82, 2.24) is 0 Å². The van der Waals surface area contributed by atoms with Crippen LogP contribution in [0.25, 0.3) is 0 Å². The second-order valence-corrected chi connectivity index (χ2v) is 5.99. The number of phenolic OH excluding ortho intramolecular Hbond substituents is 1. The third-order valence-corrected chi connectivity index (χ3v) is 3.61. The van der Waals surface area contributed by atoms with Crippen LogP contribution in [0.5, 0.6) is 5.75 Å². The van der Waals surface area contributed by atoms with Crippen molar-refractivity contribution in [2.45, 2.75) is 45.3 Å². The van der Waals surface area contributed by atoms with E-state index in [9.17, 15) is 5.11 Å². The minimum atomic E-state index is -0.338. The molecule has 0 amide bonds. The zero-order valence-electron chi connectivity index (χ0n) is 13.0. The number of rotatable bonds is 6. The largest absolute Gasteiger partial charge is 0.508 e. The van der Waals surface area contributed by atoms with Gasteiger partial charge in [-0.3, -0.25) is 0 Å². The van der Waals surface area contributed by atoms with Crippen LogP contribution in [-0.4, -0.2) is 10.7 Å². The highest BCUT2D eigenvalue weighted by atomic mass is 16.5. The fourth-order valence-corrected chi connectivity index (χ4v) is 2.60. The predicted octanol–water partition coefficient (Wildman–Crippen LogP) is 4.88.